The van der Waals surface area contributed by atoms with Gasteiger partial charge in [-0.25, -0.2) is 4.99 Å². The Balaban J connectivity index is 1.71. The van der Waals surface area contributed by atoms with Crippen LogP contribution in [0.3, 0.4) is 0 Å². The van der Waals surface area contributed by atoms with Gasteiger partial charge >= 0.3 is 0 Å². The lowest BCUT2D eigenvalue weighted by Gasteiger charge is -2.20. The lowest BCUT2D eigenvalue weighted by atomic mass is 10.1. The Labute approximate surface area is 149 Å². The van der Waals surface area contributed by atoms with Crippen molar-refractivity contribution in [2.75, 3.05) is 0 Å². The van der Waals surface area contributed by atoms with Crippen LogP contribution in [0.2, 0.25) is 0 Å². The second kappa shape index (κ2) is 6.83. The topological polar surface area (TPSA) is 45.0 Å². The molecule has 0 aliphatic carbocycles. The number of aliphatic imine (C=N–C) groups is 2. The molecule has 0 unspecified atom stereocenters. The summed E-state index contributed by atoms with van der Waals surface area (Å²) in [7, 11) is 0. The number of thiophene rings is 1. The quantitative estimate of drug-likeness (QED) is 0.771. The van der Waals surface area contributed by atoms with Crippen molar-refractivity contribution in [1.29, 1.82) is 0 Å². The monoisotopic (exact) mass is 345 g/mol. The van der Waals surface area contributed by atoms with Crippen LogP contribution in [0, 0.1) is 0 Å². The lowest BCUT2D eigenvalue weighted by Crippen LogP contribution is -2.24. The van der Waals surface area contributed by atoms with Crippen molar-refractivity contribution in [2.24, 2.45) is 9.98 Å². The molecule has 5 heteroatoms. The van der Waals surface area contributed by atoms with Crippen molar-refractivity contribution in [3.8, 4) is 0 Å². The molecule has 122 valence electrons. The Kier molecular flexibility index (Phi) is 4.23. The van der Waals surface area contributed by atoms with Gasteiger partial charge < -0.3 is 4.90 Å². The van der Waals surface area contributed by atoms with Crippen LogP contribution in [0.4, 0.5) is 0 Å². The van der Waals surface area contributed by atoms with E-state index < -0.39 is 0 Å². The number of hydrogen-bond donors (Lipinski definition) is 0. The second-order valence-corrected chi connectivity index (χ2v) is 6.56. The lowest BCUT2D eigenvalue weighted by molar-refractivity contribution is -0.113. The molecule has 1 aromatic heterocycles. The minimum Gasteiger partial charge on any atom is -0.329 e. The summed E-state index contributed by atoms with van der Waals surface area (Å²) in [6.07, 6.45) is 11.1. The van der Waals surface area contributed by atoms with Crippen molar-refractivity contribution in [2.45, 2.75) is 6.54 Å². The average Bonchev–Trinajstić information content (AvgIpc) is 3.10. The third-order valence-electron chi connectivity index (χ3n) is 3.89. The Morgan fingerprint density at radius 1 is 1.20 bits per heavy atom. The Morgan fingerprint density at radius 3 is 3.00 bits per heavy atom. The number of rotatable bonds is 2. The summed E-state index contributed by atoms with van der Waals surface area (Å²) in [6, 6.07) is 11.8. The summed E-state index contributed by atoms with van der Waals surface area (Å²) < 4.78 is 0. The summed E-state index contributed by atoms with van der Waals surface area (Å²) in [6.45, 7) is 0.702. The highest BCUT2D eigenvalue weighted by atomic mass is 32.1. The Hall–Kier alpha value is -3.05. The van der Waals surface area contributed by atoms with E-state index in [1.165, 1.54) is 6.08 Å². The van der Waals surface area contributed by atoms with Crippen molar-refractivity contribution in [3.63, 3.8) is 0 Å². The van der Waals surface area contributed by atoms with Crippen LogP contribution in [-0.4, -0.2) is 22.5 Å². The van der Waals surface area contributed by atoms with Crippen LogP contribution in [0.5, 0.6) is 0 Å². The van der Waals surface area contributed by atoms with E-state index in [0.717, 1.165) is 21.8 Å². The van der Waals surface area contributed by atoms with Gasteiger partial charge in [-0.3, -0.25) is 4.79 Å². The van der Waals surface area contributed by atoms with E-state index in [4.69, 9.17) is 0 Å². The fourth-order valence-electron chi connectivity index (χ4n) is 2.70. The third-order valence-corrected chi connectivity index (χ3v) is 4.72. The zero-order valence-corrected chi connectivity index (χ0v) is 14.2. The van der Waals surface area contributed by atoms with Gasteiger partial charge in [0.2, 0.25) is 0 Å². The average molecular weight is 345 g/mol. The van der Waals surface area contributed by atoms with Crippen LogP contribution >= 0.6 is 11.3 Å². The molecule has 2 aliphatic heterocycles. The first kappa shape index (κ1) is 15.5. The van der Waals surface area contributed by atoms with Crippen molar-refractivity contribution in [1.82, 2.24) is 4.90 Å². The normalized spacial score (nSPS) is 17.4. The maximum absolute atomic E-state index is 12.3. The molecule has 0 saturated carbocycles. The standard InChI is InChI=1S/C20H15N3OS/c24-19(11-10-16-7-5-13-25-16)22-20-17-8-2-1-6-15(17)14-23-12-4-3-9-18(23)21-20/h1-13H,14H2. The van der Waals surface area contributed by atoms with Gasteiger partial charge in [-0.2, -0.15) is 4.99 Å². The molecule has 4 nitrogen and oxygen atoms in total. The SMILES string of the molecule is O=C(C=Cc1cccs1)N=C1N=C2C=CC=CN2Cc2ccccc21. The molecule has 2 aliphatic rings. The molecule has 1 amide bonds. The predicted molar refractivity (Wildman–Crippen MR) is 103 cm³/mol. The first-order valence-corrected chi connectivity index (χ1v) is 8.80. The molecule has 0 spiro atoms. The number of benzene rings is 1. The van der Waals surface area contributed by atoms with Crippen molar-refractivity contribution >= 4 is 35.0 Å². The fourth-order valence-corrected chi connectivity index (χ4v) is 3.32. The maximum atomic E-state index is 12.3. The number of allylic oxidation sites excluding steroid dienone is 2. The summed E-state index contributed by atoms with van der Waals surface area (Å²) in [4.78, 5) is 24.3. The van der Waals surface area contributed by atoms with Crippen LogP contribution in [0.1, 0.15) is 16.0 Å². The fraction of sp³-hybridized carbons (Fsp3) is 0.0500. The smallest absolute Gasteiger partial charge is 0.271 e. The summed E-state index contributed by atoms with van der Waals surface area (Å²) in [5.74, 6) is 0.924. The molecule has 25 heavy (non-hydrogen) atoms. The van der Waals surface area contributed by atoms with Gasteiger partial charge in [-0.05, 0) is 35.2 Å². The van der Waals surface area contributed by atoms with Gasteiger partial charge in [-0.15, -0.1) is 11.3 Å². The van der Waals surface area contributed by atoms with Crippen molar-refractivity contribution < 1.29 is 4.79 Å². The molecule has 0 radical (unpaired) electrons. The highest BCUT2D eigenvalue weighted by molar-refractivity contribution is 7.10. The second-order valence-electron chi connectivity index (χ2n) is 5.58. The molecule has 0 atom stereocenters. The first-order chi connectivity index (χ1) is 12.3. The largest absolute Gasteiger partial charge is 0.329 e. The number of carbonyl (C=O) groups excluding carboxylic acids is 1. The van der Waals surface area contributed by atoms with Gasteiger partial charge in [-0.1, -0.05) is 36.4 Å². The van der Waals surface area contributed by atoms with E-state index in [2.05, 4.69) is 9.98 Å². The Morgan fingerprint density at radius 2 is 2.12 bits per heavy atom. The van der Waals surface area contributed by atoms with Crippen molar-refractivity contribution in [3.05, 3.63) is 88.3 Å². The minimum atomic E-state index is -0.314. The highest BCUT2D eigenvalue weighted by Crippen LogP contribution is 2.20. The van der Waals surface area contributed by atoms with E-state index in [9.17, 15) is 4.79 Å². The van der Waals surface area contributed by atoms with Gasteiger partial charge in [0.25, 0.3) is 5.91 Å². The number of amides is 1. The van der Waals surface area contributed by atoms with Gasteiger partial charge in [0, 0.05) is 29.3 Å². The molecule has 4 rings (SSSR count). The summed E-state index contributed by atoms with van der Waals surface area (Å²) in [5, 5.41) is 1.97. The molecule has 2 aromatic rings. The van der Waals surface area contributed by atoms with Gasteiger partial charge in [0.15, 0.2) is 5.84 Å². The summed E-state index contributed by atoms with van der Waals surface area (Å²) in [5.41, 5.74) is 1.99. The highest BCUT2D eigenvalue weighted by Gasteiger charge is 2.20. The summed E-state index contributed by atoms with van der Waals surface area (Å²) >= 11 is 1.58. The molecular formula is C20H15N3OS. The molecule has 0 bridgehead atoms. The molecule has 0 saturated heterocycles. The number of hydrogen-bond acceptors (Lipinski definition) is 3. The zero-order chi connectivity index (χ0) is 17.1. The predicted octanol–water partition coefficient (Wildman–Crippen LogP) is 4.03. The van der Waals surface area contributed by atoms with E-state index in [1.54, 1.807) is 17.4 Å². The number of fused-ring (bicyclic) bond motifs is 2. The Bertz CT molecular complexity index is 949. The van der Waals surface area contributed by atoms with E-state index in [0.29, 0.717) is 12.4 Å². The molecule has 3 heterocycles. The van der Waals surface area contributed by atoms with Gasteiger partial charge in [0.05, 0.1) is 0 Å². The van der Waals surface area contributed by atoms with E-state index in [1.807, 2.05) is 71.1 Å². The zero-order valence-electron chi connectivity index (χ0n) is 13.4. The third kappa shape index (κ3) is 3.41. The number of carbonyl (C=O) groups is 1. The molecule has 0 N–H and O–H groups in total. The first-order valence-electron chi connectivity index (χ1n) is 7.92. The van der Waals surface area contributed by atoms with Crippen LogP contribution in [0.25, 0.3) is 6.08 Å². The van der Waals surface area contributed by atoms with Crippen LogP contribution in [-0.2, 0) is 11.3 Å². The molecule has 0 fully saturated rings. The van der Waals surface area contributed by atoms with Crippen LogP contribution < -0.4 is 0 Å². The minimum absolute atomic E-state index is 0.314. The van der Waals surface area contributed by atoms with Crippen LogP contribution in [0.15, 0.2) is 82.3 Å². The molecular weight excluding hydrogens is 330 g/mol. The number of nitrogens with zero attached hydrogens (tertiary/aromatic N) is 3. The van der Waals surface area contributed by atoms with Gasteiger partial charge in [0.1, 0.15) is 5.84 Å². The molecule has 1 aromatic carbocycles. The maximum Gasteiger partial charge on any atom is 0.271 e. The van der Waals surface area contributed by atoms with E-state index >= 15 is 0 Å². The number of amidine groups is 2. The van der Waals surface area contributed by atoms with E-state index in [-0.39, 0.29) is 5.91 Å².